The average Bonchev–Trinajstić information content (AvgIpc) is 2.78. The van der Waals surface area contributed by atoms with E-state index < -0.39 is 11.0 Å². The van der Waals surface area contributed by atoms with E-state index in [9.17, 15) is 9.00 Å². The minimum atomic E-state index is -1.29. The van der Waals surface area contributed by atoms with Gasteiger partial charge < -0.3 is 15.1 Å². The van der Waals surface area contributed by atoms with E-state index in [0.717, 1.165) is 16.3 Å². The summed E-state index contributed by atoms with van der Waals surface area (Å²) in [7, 11) is 0.356. The molecule has 4 aromatic rings. The van der Waals surface area contributed by atoms with Crippen molar-refractivity contribution < 1.29 is 8.63 Å². The lowest BCUT2D eigenvalue weighted by Gasteiger charge is -2.13. The third-order valence-electron chi connectivity index (χ3n) is 4.63. The van der Waals surface area contributed by atoms with Crippen molar-refractivity contribution in [2.45, 2.75) is 16.7 Å². The fourth-order valence-electron chi connectivity index (χ4n) is 3.15. The van der Waals surface area contributed by atoms with Crippen LogP contribution >= 0.6 is 11.8 Å². The summed E-state index contributed by atoms with van der Waals surface area (Å²) in [5.41, 5.74) is 1.96. The Morgan fingerprint density at radius 1 is 1.00 bits per heavy atom. The fraction of sp³-hybridized carbons (Fsp3) is 0.136. The highest BCUT2D eigenvalue weighted by Gasteiger charge is 2.10. The molecule has 1 unspecified atom stereocenters. The van der Waals surface area contributed by atoms with Gasteiger partial charge in [-0.15, -0.1) is 11.8 Å². The second kappa shape index (κ2) is 9.51. The second-order valence-corrected chi connectivity index (χ2v) is 9.07. The summed E-state index contributed by atoms with van der Waals surface area (Å²) in [6, 6.07) is 14.1. The van der Waals surface area contributed by atoms with E-state index in [1.54, 1.807) is 50.0 Å². The van der Waals surface area contributed by atoms with Crippen LogP contribution < -0.4 is 20.8 Å². The van der Waals surface area contributed by atoms with Gasteiger partial charge in [-0.05, 0) is 50.6 Å². The van der Waals surface area contributed by atoms with Crippen LogP contribution in [0.15, 0.2) is 73.9 Å². The van der Waals surface area contributed by atoms with Gasteiger partial charge in [-0.3, -0.25) is 4.79 Å². The molecular weight excluding hydrogens is 446 g/mol. The van der Waals surface area contributed by atoms with E-state index in [1.807, 2.05) is 24.5 Å². The number of hydrogen-bond acceptors (Lipinski definition) is 8. The molecule has 0 fully saturated rings. The molecule has 32 heavy (non-hydrogen) atoms. The first-order valence-corrected chi connectivity index (χ1v) is 12.0. The second-order valence-electron chi connectivity index (χ2n) is 6.81. The van der Waals surface area contributed by atoms with Gasteiger partial charge in [-0.2, -0.15) is 0 Å². The number of nitrogens with zero attached hydrogens (tertiary/aromatic N) is 2. The summed E-state index contributed by atoms with van der Waals surface area (Å²) in [6.45, 7) is 1.74. The van der Waals surface area contributed by atoms with Crippen molar-refractivity contribution in [1.82, 2.24) is 14.7 Å². The van der Waals surface area contributed by atoms with Crippen LogP contribution in [0.3, 0.4) is 0 Å². The van der Waals surface area contributed by atoms with Crippen LogP contribution in [0, 0.1) is 6.92 Å². The molecule has 0 radical (unpaired) electrons. The molecule has 0 saturated carbocycles. The average molecular weight is 468 g/mol. The van der Waals surface area contributed by atoms with Gasteiger partial charge in [0.15, 0.2) is 5.43 Å². The van der Waals surface area contributed by atoms with Gasteiger partial charge in [0.25, 0.3) is 0 Å². The van der Waals surface area contributed by atoms with Crippen LogP contribution in [0.4, 0.5) is 23.0 Å². The number of rotatable bonds is 7. The molecule has 0 bridgehead atoms. The first-order valence-electron chi connectivity index (χ1n) is 9.64. The van der Waals surface area contributed by atoms with Crippen LogP contribution in [0.5, 0.6) is 0 Å². The first kappa shape index (κ1) is 22.0. The number of benzene rings is 2. The Bertz CT molecular complexity index is 1370. The van der Waals surface area contributed by atoms with E-state index in [0.29, 0.717) is 33.3 Å². The van der Waals surface area contributed by atoms with Gasteiger partial charge in [0.1, 0.15) is 40.3 Å². The summed E-state index contributed by atoms with van der Waals surface area (Å²) >= 11 is 1.58. The molecule has 0 aliphatic carbocycles. The minimum absolute atomic E-state index is 0.0742. The highest BCUT2D eigenvalue weighted by atomic mass is 32.2. The molecule has 4 rings (SSSR count). The Kier molecular flexibility index (Phi) is 6.54. The Morgan fingerprint density at radius 2 is 1.78 bits per heavy atom. The van der Waals surface area contributed by atoms with Gasteiger partial charge in [-0.1, -0.05) is 0 Å². The molecule has 0 saturated heterocycles. The Morgan fingerprint density at radius 3 is 2.53 bits per heavy atom. The molecule has 10 heteroatoms. The molecule has 3 N–H and O–H groups in total. The van der Waals surface area contributed by atoms with Crippen LogP contribution in [0.2, 0.25) is 0 Å². The lowest BCUT2D eigenvalue weighted by molar-refractivity contribution is 0.565. The van der Waals surface area contributed by atoms with Gasteiger partial charge in [-0.25, -0.2) is 18.9 Å². The zero-order valence-corrected chi connectivity index (χ0v) is 19.3. The molecule has 2 aromatic carbocycles. The highest BCUT2D eigenvalue weighted by molar-refractivity contribution is 7.98. The molecule has 0 spiro atoms. The molecule has 1 atom stereocenters. The lowest BCUT2D eigenvalue weighted by atomic mass is 10.2. The maximum atomic E-state index is 12.1. The minimum Gasteiger partial charge on any atom is -0.461 e. The molecular formula is C22H21N5O3S2. The summed E-state index contributed by atoms with van der Waals surface area (Å²) in [5.74, 6) is 1.70. The summed E-state index contributed by atoms with van der Waals surface area (Å²) in [6.07, 6.45) is 3.42. The number of hydrogen-bond donors (Lipinski definition) is 3. The maximum Gasteiger partial charge on any atom is 0.192 e. The van der Waals surface area contributed by atoms with E-state index in [-0.39, 0.29) is 5.43 Å². The van der Waals surface area contributed by atoms with Crippen LogP contribution in [-0.2, 0) is 11.0 Å². The monoisotopic (exact) mass is 467 g/mol. The van der Waals surface area contributed by atoms with Crippen molar-refractivity contribution >= 4 is 56.7 Å². The van der Waals surface area contributed by atoms with Gasteiger partial charge in [0.05, 0.1) is 16.0 Å². The zero-order chi connectivity index (χ0) is 22.7. The molecule has 2 aromatic heterocycles. The number of thioether (sulfide) groups is 1. The van der Waals surface area contributed by atoms with Crippen molar-refractivity contribution in [3.05, 3.63) is 70.8 Å². The third kappa shape index (κ3) is 4.82. The number of aryl methyl sites for hydroxylation is 1. The molecule has 2 heterocycles. The smallest absolute Gasteiger partial charge is 0.192 e. The molecule has 0 amide bonds. The lowest BCUT2D eigenvalue weighted by Crippen LogP contribution is -2.10. The highest BCUT2D eigenvalue weighted by Crippen LogP contribution is 2.30. The topological polar surface area (TPSA) is 109 Å². The van der Waals surface area contributed by atoms with Crippen LogP contribution in [0.1, 0.15) is 5.76 Å². The van der Waals surface area contributed by atoms with E-state index in [4.69, 9.17) is 4.42 Å². The number of aromatic nitrogens is 2. The Balaban J connectivity index is 1.60. The number of anilines is 4. The number of fused-ring (bicyclic) bond motifs is 1. The molecule has 0 aliphatic rings. The molecule has 164 valence electrons. The predicted octanol–water partition coefficient (Wildman–Crippen LogP) is 4.34. The Labute approximate surface area is 191 Å². The third-order valence-corrected chi connectivity index (χ3v) is 6.47. The summed E-state index contributed by atoms with van der Waals surface area (Å²) < 4.78 is 20.5. The number of nitrogens with one attached hydrogen (secondary N) is 3. The standard InChI is InChI=1S/C22H21N5O3S2/c1-13-8-18(28)16-6-4-14(9-19(16)30-13)26-21-11-22(25-12-24-21)27-17-10-15(32(29)23-2)5-7-20(17)31-3/h4-12,23H,1-3H3,(H2,24,25,26,27). The van der Waals surface area contributed by atoms with E-state index in [1.165, 1.54) is 12.4 Å². The first-order chi connectivity index (χ1) is 15.5. The summed E-state index contributed by atoms with van der Waals surface area (Å²) in [5, 5.41) is 7.01. The van der Waals surface area contributed by atoms with Gasteiger partial charge >= 0.3 is 0 Å². The van der Waals surface area contributed by atoms with Crippen molar-refractivity contribution in [2.75, 3.05) is 23.9 Å². The quantitative estimate of drug-likeness (QED) is 0.344. The van der Waals surface area contributed by atoms with Crippen LogP contribution in [0.25, 0.3) is 11.0 Å². The van der Waals surface area contributed by atoms with E-state index in [2.05, 4.69) is 25.3 Å². The van der Waals surface area contributed by atoms with Crippen molar-refractivity contribution in [2.24, 2.45) is 0 Å². The zero-order valence-electron chi connectivity index (χ0n) is 17.6. The van der Waals surface area contributed by atoms with Crippen molar-refractivity contribution in [1.29, 1.82) is 0 Å². The maximum absolute atomic E-state index is 12.1. The molecule has 0 aliphatic heterocycles. The SMILES string of the molecule is CNS(=O)c1ccc(SC)c(Nc2cc(Nc3ccc4c(=O)cc(C)oc4c3)ncn2)c1. The normalized spacial score (nSPS) is 12.0. The van der Waals surface area contributed by atoms with E-state index >= 15 is 0 Å². The van der Waals surface area contributed by atoms with Crippen molar-refractivity contribution in [3.8, 4) is 0 Å². The molecule has 8 nitrogen and oxygen atoms in total. The Hall–Kier alpha value is -3.21. The van der Waals surface area contributed by atoms with Crippen molar-refractivity contribution in [3.63, 3.8) is 0 Å². The predicted molar refractivity (Wildman–Crippen MR) is 130 cm³/mol. The summed E-state index contributed by atoms with van der Waals surface area (Å²) in [4.78, 5) is 22.3. The van der Waals surface area contributed by atoms with Crippen LogP contribution in [-0.4, -0.2) is 27.5 Å². The van der Waals surface area contributed by atoms with Gasteiger partial charge in [0, 0.05) is 28.8 Å². The van der Waals surface area contributed by atoms with Gasteiger partial charge in [0.2, 0.25) is 0 Å². The largest absolute Gasteiger partial charge is 0.461 e. The fourth-order valence-corrected chi connectivity index (χ4v) is 4.34.